The molecule has 2 unspecified atom stereocenters. The molecule has 6 nitrogen and oxygen atoms in total. The standard InChI is InChI=1S/C21H24N2O4/c1-14-8-10-17(11-9-14)19(23-15(2)24)12-20(25)22-13-18(21(26)27)16-6-4-3-5-7-16/h3-11,18-19H,12-13H2,1-2H3,(H,22,25)(H,23,24)(H,26,27). The zero-order valence-electron chi connectivity index (χ0n) is 15.4. The van der Waals surface area contributed by atoms with Crippen LogP contribution in [-0.4, -0.2) is 29.4 Å². The highest BCUT2D eigenvalue weighted by atomic mass is 16.4. The molecule has 2 aromatic carbocycles. The summed E-state index contributed by atoms with van der Waals surface area (Å²) in [6, 6.07) is 15.9. The van der Waals surface area contributed by atoms with Crippen molar-refractivity contribution in [3.05, 3.63) is 71.3 Å². The Morgan fingerprint density at radius 1 is 0.963 bits per heavy atom. The fourth-order valence-corrected chi connectivity index (χ4v) is 2.80. The normalized spacial score (nSPS) is 12.7. The lowest BCUT2D eigenvalue weighted by molar-refractivity contribution is -0.138. The van der Waals surface area contributed by atoms with Crippen molar-refractivity contribution in [1.82, 2.24) is 10.6 Å². The predicted molar refractivity (Wildman–Crippen MR) is 102 cm³/mol. The van der Waals surface area contributed by atoms with Gasteiger partial charge in [-0.15, -0.1) is 0 Å². The smallest absolute Gasteiger partial charge is 0.312 e. The molecule has 0 saturated heterocycles. The summed E-state index contributed by atoms with van der Waals surface area (Å²) in [6.45, 7) is 3.34. The molecule has 0 spiro atoms. The third-order valence-electron chi connectivity index (χ3n) is 4.25. The largest absolute Gasteiger partial charge is 0.481 e. The van der Waals surface area contributed by atoms with Gasteiger partial charge in [0.15, 0.2) is 0 Å². The summed E-state index contributed by atoms with van der Waals surface area (Å²) < 4.78 is 0. The summed E-state index contributed by atoms with van der Waals surface area (Å²) in [5.74, 6) is -2.38. The third kappa shape index (κ3) is 6.26. The zero-order chi connectivity index (χ0) is 19.8. The fourth-order valence-electron chi connectivity index (χ4n) is 2.80. The molecule has 2 amide bonds. The molecule has 0 aliphatic heterocycles. The Labute approximate surface area is 158 Å². The van der Waals surface area contributed by atoms with Crippen molar-refractivity contribution in [3.8, 4) is 0 Å². The third-order valence-corrected chi connectivity index (χ3v) is 4.25. The van der Waals surface area contributed by atoms with Gasteiger partial charge in [-0.05, 0) is 18.1 Å². The molecule has 3 N–H and O–H groups in total. The summed E-state index contributed by atoms with van der Waals surface area (Å²) in [5, 5.41) is 14.9. The Hall–Kier alpha value is -3.15. The van der Waals surface area contributed by atoms with Gasteiger partial charge in [-0.1, -0.05) is 60.2 Å². The molecule has 0 aliphatic carbocycles. The molecule has 6 heteroatoms. The minimum Gasteiger partial charge on any atom is -0.481 e. The van der Waals surface area contributed by atoms with Gasteiger partial charge in [-0.25, -0.2) is 0 Å². The first kappa shape index (κ1) is 20.2. The van der Waals surface area contributed by atoms with E-state index in [2.05, 4.69) is 10.6 Å². The molecular weight excluding hydrogens is 344 g/mol. The van der Waals surface area contributed by atoms with Crippen molar-refractivity contribution in [2.75, 3.05) is 6.54 Å². The van der Waals surface area contributed by atoms with Crippen molar-refractivity contribution in [2.45, 2.75) is 32.2 Å². The van der Waals surface area contributed by atoms with Gasteiger partial charge in [-0.3, -0.25) is 14.4 Å². The second-order valence-corrected chi connectivity index (χ2v) is 6.47. The first-order valence-corrected chi connectivity index (χ1v) is 8.75. The molecule has 0 saturated carbocycles. The molecule has 2 rings (SSSR count). The minimum atomic E-state index is -1.00. The Balaban J connectivity index is 2.03. The molecule has 27 heavy (non-hydrogen) atoms. The number of carbonyl (C=O) groups excluding carboxylic acids is 2. The monoisotopic (exact) mass is 368 g/mol. The average Bonchev–Trinajstić information content (AvgIpc) is 2.62. The molecule has 0 aromatic heterocycles. The fraction of sp³-hybridized carbons (Fsp3) is 0.286. The van der Waals surface area contributed by atoms with Crippen LogP contribution in [-0.2, 0) is 14.4 Å². The summed E-state index contributed by atoms with van der Waals surface area (Å²) in [7, 11) is 0. The van der Waals surface area contributed by atoms with Gasteiger partial charge in [0.25, 0.3) is 0 Å². The van der Waals surface area contributed by atoms with Crippen molar-refractivity contribution >= 4 is 17.8 Å². The van der Waals surface area contributed by atoms with E-state index in [9.17, 15) is 19.5 Å². The number of carboxylic acid groups (broad SMARTS) is 1. The SMILES string of the molecule is CC(=O)NC(CC(=O)NCC(C(=O)O)c1ccccc1)c1ccc(C)cc1. The van der Waals surface area contributed by atoms with E-state index in [4.69, 9.17) is 0 Å². The summed E-state index contributed by atoms with van der Waals surface area (Å²) >= 11 is 0. The number of rotatable bonds is 8. The number of amides is 2. The van der Waals surface area contributed by atoms with E-state index < -0.39 is 17.9 Å². The van der Waals surface area contributed by atoms with E-state index in [0.29, 0.717) is 5.56 Å². The quantitative estimate of drug-likeness (QED) is 0.667. The first-order chi connectivity index (χ1) is 12.9. The van der Waals surface area contributed by atoms with Crippen LogP contribution in [0.25, 0.3) is 0 Å². The number of benzene rings is 2. The Kier molecular flexibility index (Phi) is 7.11. The van der Waals surface area contributed by atoms with Gasteiger partial charge < -0.3 is 15.7 Å². The Bertz CT molecular complexity index is 788. The van der Waals surface area contributed by atoms with Gasteiger partial charge in [-0.2, -0.15) is 0 Å². The van der Waals surface area contributed by atoms with E-state index in [1.165, 1.54) is 6.92 Å². The highest BCUT2D eigenvalue weighted by molar-refractivity contribution is 5.81. The molecule has 2 atom stereocenters. The molecule has 142 valence electrons. The van der Waals surface area contributed by atoms with Crippen molar-refractivity contribution in [1.29, 1.82) is 0 Å². The maximum absolute atomic E-state index is 12.4. The van der Waals surface area contributed by atoms with E-state index in [1.807, 2.05) is 31.2 Å². The first-order valence-electron chi connectivity index (χ1n) is 8.75. The highest BCUT2D eigenvalue weighted by Crippen LogP contribution is 2.19. The van der Waals surface area contributed by atoms with Crippen LogP contribution in [0.15, 0.2) is 54.6 Å². The van der Waals surface area contributed by atoms with Crippen LogP contribution in [0.1, 0.15) is 42.0 Å². The van der Waals surface area contributed by atoms with Crippen LogP contribution in [0, 0.1) is 6.92 Å². The van der Waals surface area contributed by atoms with E-state index in [-0.39, 0.29) is 24.8 Å². The van der Waals surface area contributed by atoms with Gasteiger partial charge in [0.1, 0.15) is 0 Å². The predicted octanol–water partition coefficient (Wildman–Crippen LogP) is 2.55. The molecule has 0 fully saturated rings. The summed E-state index contributed by atoms with van der Waals surface area (Å²) in [4.78, 5) is 35.4. The molecule has 0 heterocycles. The van der Waals surface area contributed by atoms with Crippen LogP contribution in [0.5, 0.6) is 0 Å². The van der Waals surface area contributed by atoms with Gasteiger partial charge in [0.05, 0.1) is 18.4 Å². The van der Waals surface area contributed by atoms with Crippen molar-refractivity contribution in [2.24, 2.45) is 0 Å². The lowest BCUT2D eigenvalue weighted by Crippen LogP contribution is -2.35. The van der Waals surface area contributed by atoms with Gasteiger partial charge in [0.2, 0.25) is 11.8 Å². The molecular formula is C21H24N2O4. The number of hydrogen-bond donors (Lipinski definition) is 3. The van der Waals surface area contributed by atoms with Crippen LogP contribution < -0.4 is 10.6 Å². The maximum Gasteiger partial charge on any atom is 0.312 e. The lowest BCUT2D eigenvalue weighted by Gasteiger charge is -2.19. The number of aryl methyl sites for hydroxylation is 1. The molecule has 0 bridgehead atoms. The average molecular weight is 368 g/mol. The number of hydrogen-bond acceptors (Lipinski definition) is 3. The second kappa shape index (κ2) is 9.52. The summed E-state index contributed by atoms with van der Waals surface area (Å²) in [5.41, 5.74) is 2.53. The van der Waals surface area contributed by atoms with Gasteiger partial charge >= 0.3 is 5.97 Å². The summed E-state index contributed by atoms with van der Waals surface area (Å²) in [6.07, 6.45) is 0.0315. The van der Waals surface area contributed by atoms with E-state index in [1.54, 1.807) is 30.3 Å². The molecule has 2 aromatic rings. The number of nitrogens with one attached hydrogen (secondary N) is 2. The van der Waals surface area contributed by atoms with Crippen LogP contribution in [0.2, 0.25) is 0 Å². The Morgan fingerprint density at radius 3 is 2.15 bits per heavy atom. The number of aliphatic carboxylic acids is 1. The van der Waals surface area contributed by atoms with Gasteiger partial charge in [0, 0.05) is 13.5 Å². The molecule has 0 aliphatic rings. The lowest BCUT2D eigenvalue weighted by atomic mass is 9.98. The van der Waals surface area contributed by atoms with Crippen LogP contribution in [0.3, 0.4) is 0 Å². The number of carbonyl (C=O) groups is 3. The maximum atomic E-state index is 12.4. The number of carboxylic acids is 1. The Morgan fingerprint density at radius 2 is 1.59 bits per heavy atom. The van der Waals surface area contributed by atoms with Crippen LogP contribution >= 0.6 is 0 Å². The minimum absolute atomic E-state index is 0.0150. The topological polar surface area (TPSA) is 95.5 Å². The van der Waals surface area contributed by atoms with E-state index >= 15 is 0 Å². The second-order valence-electron chi connectivity index (χ2n) is 6.47. The van der Waals surface area contributed by atoms with Crippen LogP contribution in [0.4, 0.5) is 0 Å². The zero-order valence-corrected chi connectivity index (χ0v) is 15.4. The van der Waals surface area contributed by atoms with Crippen molar-refractivity contribution in [3.63, 3.8) is 0 Å². The highest BCUT2D eigenvalue weighted by Gasteiger charge is 2.22. The van der Waals surface area contributed by atoms with Crippen molar-refractivity contribution < 1.29 is 19.5 Å². The van der Waals surface area contributed by atoms with E-state index in [0.717, 1.165) is 11.1 Å². The molecule has 0 radical (unpaired) electrons.